The van der Waals surface area contributed by atoms with E-state index in [0.717, 1.165) is 5.76 Å². The predicted octanol–water partition coefficient (Wildman–Crippen LogP) is 2.49. The van der Waals surface area contributed by atoms with Gasteiger partial charge >= 0.3 is 0 Å². The van der Waals surface area contributed by atoms with Gasteiger partial charge in [-0.2, -0.15) is 0 Å². The van der Waals surface area contributed by atoms with Crippen molar-refractivity contribution in [1.82, 2.24) is 9.46 Å². The van der Waals surface area contributed by atoms with Crippen LogP contribution in [0.2, 0.25) is 0 Å². The van der Waals surface area contributed by atoms with Crippen molar-refractivity contribution >= 4 is 9.92 Å². The lowest BCUT2D eigenvalue weighted by molar-refractivity contribution is 0.391. The zero-order chi connectivity index (χ0) is 13.9. The second kappa shape index (κ2) is 5.54. The van der Waals surface area contributed by atoms with E-state index in [-0.39, 0.29) is 6.54 Å². The summed E-state index contributed by atoms with van der Waals surface area (Å²) in [5.74, 6) is 0.723. The summed E-state index contributed by atoms with van der Waals surface area (Å²) in [4.78, 5) is 0.695. The number of rotatable bonds is 4. The average Bonchev–Trinajstić information content (AvgIpc) is 2.82. The lowest BCUT2D eigenvalue weighted by atomic mass is 10.4. The van der Waals surface area contributed by atoms with Crippen molar-refractivity contribution in [2.45, 2.75) is 18.4 Å². The van der Waals surface area contributed by atoms with Gasteiger partial charge in [-0.25, -0.2) is 12.9 Å². The van der Waals surface area contributed by atoms with Gasteiger partial charge < -0.3 is 4.52 Å². The number of hydrogen-bond donors (Lipinski definition) is 0. The Balaban J connectivity index is 2.37. The molecule has 0 spiro atoms. The maximum atomic E-state index is 13.0. The van der Waals surface area contributed by atoms with Gasteiger partial charge in [-0.3, -0.25) is 0 Å². The lowest BCUT2D eigenvalue weighted by Gasteiger charge is -2.17. The fraction of sp³-hybridized carbons (Fsp3) is 0.308. The number of aryl methyl sites for hydroxylation is 1. The van der Waals surface area contributed by atoms with Crippen LogP contribution in [0.5, 0.6) is 0 Å². The summed E-state index contributed by atoms with van der Waals surface area (Å²) in [6.07, 6.45) is 0. The SMILES string of the molecule is Cc1cc(CN=S(=O)(c2ccccc2)N(C)C)no1. The van der Waals surface area contributed by atoms with Crippen molar-refractivity contribution in [3.05, 3.63) is 47.9 Å². The third-order valence-electron chi connectivity index (χ3n) is 2.62. The molecule has 0 saturated carbocycles. The number of nitrogens with zero attached hydrogens (tertiary/aromatic N) is 3. The van der Waals surface area contributed by atoms with Crippen LogP contribution in [0.1, 0.15) is 11.5 Å². The third kappa shape index (κ3) is 3.02. The molecule has 102 valence electrons. The van der Waals surface area contributed by atoms with Crippen molar-refractivity contribution in [3.8, 4) is 0 Å². The smallest absolute Gasteiger partial charge is 0.139 e. The van der Waals surface area contributed by atoms with Crippen molar-refractivity contribution in [3.63, 3.8) is 0 Å². The first-order valence-corrected chi connectivity index (χ1v) is 7.37. The Kier molecular flexibility index (Phi) is 4.01. The zero-order valence-electron chi connectivity index (χ0n) is 11.2. The van der Waals surface area contributed by atoms with Crippen LogP contribution < -0.4 is 0 Å². The van der Waals surface area contributed by atoms with Crippen molar-refractivity contribution in [2.24, 2.45) is 4.36 Å². The van der Waals surface area contributed by atoms with E-state index in [2.05, 4.69) is 9.52 Å². The second-order valence-corrected chi connectivity index (χ2v) is 6.79. The molecule has 1 aromatic carbocycles. The molecular weight excluding hydrogens is 262 g/mol. The van der Waals surface area contributed by atoms with E-state index in [1.54, 1.807) is 24.5 Å². The molecule has 2 aromatic rings. The van der Waals surface area contributed by atoms with Gasteiger partial charge in [-0.05, 0) is 19.1 Å². The Morgan fingerprint density at radius 3 is 2.53 bits per heavy atom. The van der Waals surface area contributed by atoms with E-state index in [1.165, 1.54) is 0 Å². The van der Waals surface area contributed by atoms with Crippen LogP contribution in [0, 0.1) is 6.92 Å². The highest BCUT2D eigenvalue weighted by molar-refractivity contribution is 7.91. The largest absolute Gasteiger partial charge is 0.361 e. The summed E-state index contributed by atoms with van der Waals surface area (Å²) in [7, 11) is 0.917. The van der Waals surface area contributed by atoms with Crippen LogP contribution in [0.4, 0.5) is 0 Å². The fourth-order valence-electron chi connectivity index (χ4n) is 1.64. The number of aromatic nitrogens is 1. The average molecular weight is 279 g/mol. The minimum Gasteiger partial charge on any atom is -0.361 e. The standard InChI is InChI=1S/C13H17N3O2S/c1-11-9-12(15-18-11)10-14-19(17,16(2)3)13-7-5-4-6-8-13/h4-9H,10H2,1-3H3. The highest BCUT2D eigenvalue weighted by Gasteiger charge is 2.15. The van der Waals surface area contributed by atoms with E-state index in [1.807, 2.05) is 37.3 Å². The summed E-state index contributed by atoms with van der Waals surface area (Å²) in [6.45, 7) is 2.08. The number of benzene rings is 1. The molecule has 2 rings (SSSR count). The first-order valence-electron chi connectivity index (χ1n) is 5.90. The second-order valence-electron chi connectivity index (χ2n) is 4.34. The van der Waals surface area contributed by atoms with Crippen LogP contribution in [-0.4, -0.2) is 27.8 Å². The molecule has 1 heterocycles. The molecule has 1 atom stereocenters. The lowest BCUT2D eigenvalue weighted by Crippen LogP contribution is -2.22. The highest BCUT2D eigenvalue weighted by Crippen LogP contribution is 2.17. The molecule has 0 radical (unpaired) electrons. The monoisotopic (exact) mass is 279 g/mol. The Hall–Kier alpha value is -1.66. The molecule has 0 amide bonds. The van der Waals surface area contributed by atoms with Gasteiger partial charge in [0, 0.05) is 20.2 Å². The van der Waals surface area contributed by atoms with Gasteiger partial charge in [0.25, 0.3) is 0 Å². The zero-order valence-corrected chi connectivity index (χ0v) is 12.1. The molecule has 0 aliphatic carbocycles. The maximum Gasteiger partial charge on any atom is 0.139 e. The Labute approximate surface area is 113 Å². The Bertz CT molecular complexity index is 656. The first kappa shape index (κ1) is 13.8. The van der Waals surface area contributed by atoms with Gasteiger partial charge in [0.05, 0.1) is 11.4 Å². The predicted molar refractivity (Wildman–Crippen MR) is 73.9 cm³/mol. The molecule has 0 bridgehead atoms. The Morgan fingerprint density at radius 2 is 2.00 bits per heavy atom. The van der Waals surface area contributed by atoms with Gasteiger partial charge in [0.1, 0.15) is 21.4 Å². The van der Waals surface area contributed by atoms with E-state index in [9.17, 15) is 4.21 Å². The minimum absolute atomic E-state index is 0.267. The van der Waals surface area contributed by atoms with Crippen LogP contribution >= 0.6 is 0 Å². The summed E-state index contributed by atoms with van der Waals surface area (Å²) >= 11 is 0. The van der Waals surface area contributed by atoms with Crippen LogP contribution in [0.25, 0.3) is 0 Å². The molecule has 19 heavy (non-hydrogen) atoms. The summed E-state index contributed by atoms with van der Waals surface area (Å²) in [6, 6.07) is 11.0. The van der Waals surface area contributed by atoms with Crippen molar-refractivity contribution in [2.75, 3.05) is 14.1 Å². The molecule has 0 aliphatic rings. The van der Waals surface area contributed by atoms with Gasteiger partial charge in [0.15, 0.2) is 0 Å². The van der Waals surface area contributed by atoms with E-state index in [4.69, 9.17) is 4.52 Å². The van der Waals surface area contributed by atoms with Gasteiger partial charge in [0.2, 0.25) is 0 Å². The quantitative estimate of drug-likeness (QED) is 0.864. The topological polar surface area (TPSA) is 58.7 Å². The first-order chi connectivity index (χ1) is 9.02. The van der Waals surface area contributed by atoms with Crippen LogP contribution in [0.15, 0.2) is 50.2 Å². The van der Waals surface area contributed by atoms with Gasteiger partial charge in [-0.1, -0.05) is 23.4 Å². The normalized spacial score (nSPS) is 14.3. The van der Waals surface area contributed by atoms with Crippen LogP contribution in [0.3, 0.4) is 0 Å². The number of hydrogen-bond acceptors (Lipinski definition) is 4. The molecule has 0 aliphatic heterocycles. The summed E-state index contributed by atoms with van der Waals surface area (Å²) in [5.41, 5.74) is 0.683. The maximum absolute atomic E-state index is 13.0. The molecule has 1 unspecified atom stereocenters. The molecule has 5 nitrogen and oxygen atoms in total. The van der Waals surface area contributed by atoms with E-state index >= 15 is 0 Å². The van der Waals surface area contributed by atoms with Crippen molar-refractivity contribution in [1.29, 1.82) is 0 Å². The Morgan fingerprint density at radius 1 is 1.32 bits per heavy atom. The molecule has 0 saturated heterocycles. The molecule has 0 N–H and O–H groups in total. The van der Waals surface area contributed by atoms with Crippen molar-refractivity contribution < 1.29 is 8.73 Å². The van der Waals surface area contributed by atoms with E-state index < -0.39 is 9.92 Å². The van der Waals surface area contributed by atoms with Gasteiger partial charge in [-0.15, -0.1) is 0 Å². The molecule has 1 aromatic heterocycles. The molecular formula is C13H17N3O2S. The van der Waals surface area contributed by atoms with E-state index in [0.29, 0.717) is 10.6 Å². The summed E-state index contributed by atoms with van der Waals surface area (Å²) < 4.78 is 23.9. The molecule has 0 fully saturated rings. The third-order valence-corrected chi connectivity index (χ3v) is 4.98. The highest BCUT2D eigenvalue weighted by atomic mass is 32.2. The minimum atomic E-state index is -2.60. The molecule has 6 heteroatoms. The van der Waals surface area contributed by atoms with Crippen LogP contribution in [-0.2, 0) is 16.5 Å². The fourth-order valence-corrected chi connectivity index (χ4v) is 3.27. The summed E-state index contributed by atoms with van der Waals surface area (Å²) in [5, 5.41) is 3.86.